The number of benzene rings is 2. The largest absolute Gasteiger partial charge is 0.355 e. The average Bonchev–Trinajstić information content (AvgIpc) is 3.36. The molecule has 1 aliphatic rings. The Bertz CT molecular complexity index is 1110. The van der Waals surface area contributed by atoms with Gasteiger partial charge >= 0.3 is 0 Å². The lowest BCUT2D eigenvalue weighted by molar-refractivity contribution is 0.0784. The molecule has 3 aromatic rings. The highest BCUT2D eigenvalue weighted by Gasteiger charge is 2.26. The lowest BCUT2D eigenvalue weighted by atomic mass is 10.2. The van der Waals surface area contributed by atoms with Gasteiger partial charge in [-0.15, -0.1) is 0 Å². The van der Waals surface area contributed by atoms with E-state index >= 15 is 0 Å². The van der Waals surface area contributed by atoms with Crippen LogP contribution >= 0.6 is 0 Å². The van der Waals surface area contributed by atoms with Crippen molar-refractivity contribution < 1.29 is 17.7 Å². The molecule has 0 spiro atoms. The van der Waals surface area contributed by atoms with Gasteiger partial charge in [-0.25, -0.2) is 13.1 Å². The molecule has 1 fully saturated rings. The Morgan fingerprint density at radius 2 is 1.86 bits per heavy atom. The molecule has 4 rings (SSSR count). The number of nitrogens with one attached hydrogen (secondary N) is 1. The van der Waals surface area contributed by atoms with Gasteiger partial charge in [0.2, 0.25) is 10.0 Å². The summed E-state index contributed by atoms with van der Waals surface area (Å²) in [5, 5.41) is 4.30. The number of aromatic nitrogens is 1. The van der Waals surface area contributed by atoms with E-state index in [1.165, 1.54) is 18.2 Å². The molecule has 1 saturated heterocycles. The zero-order valence-corrected chi connectivity index (χ0v) is 16.3. The van der Waals surface area contributed by atoms with Crippen LogP contribution in [0.5, 0.6) is 0 Å². The molecular weight excluding hydrogens is 378 g/mol. The van der Waals surface area contributed by atoms with Gasteiger partial charge in [0.05, 0.1) is 10.3 Å². The second-order valence-electron chi connectivity index (χ2n) is 7.00. The summed E-state index contributed by atoms with van der Waals surface area (Å²) in [6.07, 6.45) is 1.92. The number of rotatable bonds is 5. The Hall–Kier alpha value is -2.71. The van der Waals surface area contributed by atoms with Crippen LogP contribution in [0.1, 0.15) is 34.5 Å². The number of carbonyl (C=O) groups is 1. The number of hydrogen-bond acceptors (Lipinski definition) is 5. The SMILES string of the molecule is Cc1ccc(CNS(=O)(=O)c2ccc3onc(C(=O)N4CCCC4)c3c2)cc1. The van der Waals surface area contributed by atoms with E-state index in [9.17, 15) is 13.2 Å². The summed E-state index contributed by atoms with van der Waals surface area (Å²) >= 11 is 0. The highest BCUT2D eigenvalue weighted by atomic mass is 32.2. The van der Waals surface area contributed by atoms with Crippen molar-refractivity contribution >= 4 is 26.9 Å². The highest BCUT2D eigenvalue weighted by molar-refractivity contribution is 7.89. The van der Waals surface area contributed by atoms with Gasteiger partial charge in [-0.3, -0.25) is 4.79 Å². The molecule has 1 amide bonds. The van der Waals surface area contributed by atoms with Gasteiger partial charge in [-0.1, -0.05) is 35.0 Å². The normalized spacial score (nSPS) is 14.7. The van der Waals surface area contributed by atoms with Gasteiger partial charge in [0.25, 0.3) is 5.91 Å². The molecule has 1 aromatic heterocycles. The molecule has 0 saturated carbocycles. The van der Waals surface area contributed by atoms with Gasteiger partial charge in [-0.05, 0) is 43.5 Å². The quantitative estimate of drug-likeness (QED) is 0.712. The summed E-state index contributed by atoms with van der Waals surface area (Å²) < 4.78 is 33.3. The van der Waals surface area contributed by atoms with Gasteiger partial charge in [0.1, 0.15) is 0 Å². The van der Waals surface area contributed by atoms with Crippen molar-refractivity contribution in [1.82, 2.24) is 14.8 Å². The maximum atomic E-state index is 12.7. The molecule has 1 aliphatic heterocycles. The van der Waals surface area contributed by atoms with Crippen LogP contribution in [0.25, 0.3) is 11.0 Å². The van der Waals surface area contributed by atoms with Crippen LogP contribution in [-0.4, -0.2) is 37.5 Å². The number of fused-ring (bicyclic) bond motifs is 1. The maximum absolute atomic E-state index is 12.7. The molecule has 7 nitrogen and oxygen atoms in total. The third-order valence-corrected chi connectivity index (χ3v) is 6.33. The second kappa shape index (κ2) is 7.37. The fraction of sp³-hybridized carbons (Fsp3) is 0.300. The second-order valence-corrected chi connectivity index (χ2v) is 8.77. The molecule has 2 heterocycles. The first-order valence-corrected chi connectivity index (χ1v) is 10.7. The molecule has 8 heteroatoms. The van der Waals surface area contributed by atoms with Crippen molar-refractivity contribution in [2.45, 2.75) is 31.2 Å². The Morgan fingerprint density at radius 3 is 2.57 bits per heavy atom. The van der Waals surface area contributed by atoms with E-state index in [1.807, 2.05) is 31.2 Å². The number of aryl methyl sites for hydroxylation is 1. The van der Waals surface area contributed by atoms with E-state index in [0.29, 0.717) is 24.1 Å². The van der Waals surface area contributed by atoms with Crippen LogP contribution in [0, 0.1) is 6.92 Å². The standard InChI is InChI=1S/C20H21N3O4S/c1-14-4-6-15(7-5-14)13-21-28(25,26)16-8-9-18-17(12-16)19(22-27-18)20(24)23-10-2-3-11-23/h4-9,12,21H,2-3,10-11,13H2,1H3. The first kappa shape index (κ1) is 18.6. The van der Waals surface area contributed by atoms with Gasteiger partial charge < -0.3 is 9.42 Å². The van der Waals surface area contributed by atoms with E-state index in [0.717, 1.165) is 24.0 Å². The minimum atomic E-state index is -3.74. The van der Waals surface area contributed by atoms with Crippen LogP contribution in [0.4, 0.5) is 0 Å². The van der Waals surface area contributed by atoms with E-state index in [1.54, 1.807) is 4.90 Å². The first-order chi connectivity index (χ1) is 13.4. The van der Waals surface area contributed by atoms with Crippen molar-refractivity contribution in [2.24, 2.45) is 0 Å². The summed E-state index contributed by atoms with van der Waals surface area (Å²) in [6, 6.07) is 12.1. The Labute approximate surface area is 163 Å². The van der Waals surface area contributed by atoms with E-state index in [-0.39, 0.29) is 23.0 Å². The van der Waals surface area contributed by atoms with Gasteiger partial charge in [0, 0.05) is 19.6 Å². The number of amides is 1. The third kappa shape index (κ3) is 3.65. The predicted molar refractivity (Wildman–Crippen MR) is 104 cm³/mol. The fourth-order valence-electron chi connectivity index (χ4n) is 3.28. The smallest absolute Gasteiger partial charge is 0.276 e. The van der Waals surface area contributed by atoms with Crippen LogP contribution in [0.15, 0.2) is 51.9 Å². The molecule has 28 heavy (non-hydrogen) atoms. The summed E-state index contributed by atoms with van der Waals surface area (Å²) in [4.78, 5) is 14.5. The van der Waals surface area contributed by atoms with Crippen molar-refractivity contribution in [3.63, 3.8) is 0 Å². The van der Waals surface area contributed by atoms with Crippen molar-refractivity contribution in [3.8, 4) is 0 Å². The van der Waals surface area contributed by atoms with Crippen LogP contribution in [0.3, 0.4) is 0 Å². The monoisotopic (exact) mass is 399 g/mol. The van der Waals surface area contributed by atoms with Crippen molar-refractivity contribution in [2.75, 3.05) is 13.1 Å². The number of likely N-dealkylation sites (tertiary alicyclic amines) is 1. The molecule has 2 aromatic carbocycles. The predicted octanol–water partition coefficient (Wildman–Crippen LogP) is 2.85. The van der Waals surface area contributed by atoms with Gasteiger partial charge in [0.15, 0.2) is 11.3 Å². The van der Waals surface area contributed by atoms with E-state index in [2.05, 4.69) is 9.88 Å². The topological polar surface area (TPSA) is 92.5 Å². The van der Waals surface area contributed by atoms with Crippen LogP contribution in [0.2, 0.25) is 0 Å². The third-order valence-electron chi connectivity index (χ3n) is 4.93. The maximum Gasteiger partial charge on any atom is 0.276 e. The lowest BCUT2D eigenvalue weighted by Crippen LogP contribution is -2.28. The molecule has 146 valence electrons. The van der Waals surface area contributed by atoms with Gasteiger partial charge in [-0.2, -0.15) is 0 Å². The van der Waals surface area contributed by atoms with Crippen LogP contribution < -0.4 is 4.72 Å². The van der Waals surface area contributed by atoms with E-state index < -0.39 is 10.0 Å². The van der Waals surface area contributed by atoms with Crippen molar-refractivity contribution in [1.29, 1.82) is 0 Å². The van der Waals surface area contributed by atoms with Crippen molar-refractivity contribution in [3.05, 3.63) is 59.3 Å². The highest BCUT2D eigenvalue weighted by Crippen LogP contribution is 2.24. The fourth-order valence-corrected chi connectivity index (χ4v) is 4.32. The summed E-state index contributed by atoms with van der Waals surface area (Å²) in [7, 11) is -3.74. The number of carbonyl (C=O) groups excluding carboxylic acids is 1. The zero-order chi connectivity index (χ0) is 19.7. The summed E-state index contributed by atoms with van der Waals surface area (Å²) in [6.45, 7) is 3.53. The molecule has 0 aliphatic carbocycles. The number of hydrogen-bond donors (Lipinski definition) is 1. The minimum Gasteiger partial charge on any atom is -0.355 e. The van der Waals surface area contributed by atoms with E-state index in [4.69, 9.17) is 4.52 Å². The average molecular weight is 399 g/mol. The Kier molecular flexibility index (Phi) is 4.91. The lowest BCUT2D eigenvalue weighted by Gasteiger charge is -2.13. The molecule has 1 N–H and O–H groups in total. The Balaban J connectivity index is 1.59. The Morgan fingerprint density at radius 1 is 1.14 bits per heavy atom. The molecule has 0 bridgehead atoms. The molecule has 0 atom stereocenters. The number of sulfonamides is 1. The molecule has 0 radical (unpaired) electrons. The number of nitrogens with zero attached hydrogens (tertiary/aromatic N) is 2. The zero-order valence-electron chi connectivity index (χ0n) is 15.5. The summed E-state index contributed by atoms with van der Waals surface area (Å²) in [5.74, 6) is -0.224. The molecular formula is C20H21N3O4S. The molecule has 0 unspecified atom stereocenters. The first-order valence-electron chi connectivity index (χ1n) is 9.18. The summed E-state index contributed by atoms with van der Waals surface area (Å²) in [5.41, 5.74) is 2.53. The van der Waals surface area contributed by atoms with Crippen LogP contribution in [-0.2, 0) is 16.6 Å². The minimum absolute atomic E-state index is 0.0748.